The number of amides is 2. The summed E-state index contributed by atoms with van der Waals surface area (Å²) < 4.78 is 4.81. The van der Waals surface area contributed by atoms with Crippen LogP contribution in [0.3, 0.4) is 0 Å². The molecule has 35 heavy (non-hydrogen) atoms. The van der Waals surface area contributed by atoms with E-state index in [1.807, 2.05) is 0 Å². The Labute approximate surface area is 220 Å². The van der Waals surface area contributed by atoms with Gasteiger partial charge < -0.3 is 20.5 Å². The molecule has 0 aliphatic rings. The molecule has 3 N–H and O–H groups in total. The molecular weight excluding hydrogens is 538 g/mol. The molecule has 0 spiro atoms. The van der Waals surface area contributed by atoms with Gasteiger partial charge in [0.15, 0.2) is 0 Å². The summed E-state index contributed by atoms with van der Waals surface area (Å²) in [5.41, 5.74) is 1.20. The van der Waals surface area contributed by atoms with Crippen molar-refractivity contribution in [2.24, 2.45) is 0 Å². The summed E-state index contributed by atoms with van der Waals surface area (Å²) in [6.45, 7) is 0. The molecule has 0 fully saturated rings. The van der Waals surface area contributed by atoms with E-state index in [0.717, 1.165) is 0 Å². The third-order valence-electron chi connectivity index (χ3n) is 4.89. The fraction of sp³-hybridized carbons (Fsp3) is 0.125. The molecular formula is C24H18Cl4N2O5. The van der Waals surface area contributed by atoms with Crippen LogP contribution in [0.2, 0.25) is 20.1 Å². The summed E-state index contributed by atoms with van der Waals surface area (Å²) in [5, 5.41) is 15.1. The Morgan fingerprint density at radius 2 is 1.40 bits per heavy atom. The maximum Gasteiger partial charge on any atom is 0.328 e. The zero-order valence-corrected chi connectivity index (χ0v) is 21.1. The number of ether oxygens (including phenoxy) is 1. The molecule has 0 unspecified atom stereocenters. The van der Waals surface area contributed by atoms with Gasteiger partial charge in [-0.05, 0) is 42.0 Å². The lowest BCUT2D eigenvalue weighted by molar-refractivity contribution is -0.142. The quantitative estimate of drug-likeness (QED) is 0.321. The van der Waals surface area contributed by atoms with Gasteiger partial charge in [0.1, 0.15) is 11.8 Å². The molecule has 0 bridgehead atoms. The summed E-state index contributed by atoms with van der Waals surface area (Å²) in [6, 6.07) is 12.6. The Balaban J connectivity index is 1.73. The lowest BCUT2D eigenvalue weighted by Crippen LogP contribution is -2.43. The zero-order valence-electron chi connectivity index (χ0n) is 18.1. The number of anilines is 1. The number of phenols is 1. The minimum atomic E-state index is -1.06. The van der Waals surface area contributed by atoms with Crippen molar-refractivity contribution in [3.05, 3.63) is 91.4 Å². The van der Waals surface area contributed by atoms with Crippen LogP contribution >= 0.6 is 46.4 Å². The molecule has 0 aromatic heterocycles. The highest BCUT2D eigenvalue weighted by Gasteiger charge is 2.25. The lowest BCUT2D eigenvalue weighted by Gasteiger charge is -2.18. The predicted molar refractivity (Wildman–Crippen MR) is 136 cm³/mol. The second-order valence-corrected chi connectivity index (χ2v) is 8.91. The van der Waals surface area contributed by atoms with Gasteiger partial charge >= 0.3 is 5.97 Å². The molecule has 3 aromatic rings. The molecule has 0 heterocycles. The number of rotatable bonds is 7. The number of benzene rings is 3. The van der Waals surface area contributed by atoms with Gasteiger partial charge in [0.2, 0.25) is 0 Å². The molecule has 7 nitrogen and oxygen atoms in total. The topological polar surface area (TPSA) is 105 Å². The number of esters is 1. The van der Waals surface area contributed by atoms with Crippen molar-refractivity contribution in [2.45, 2.75) is 12.5 Å². The molecule has 3 rings (SSSR count). The molecule has 0 saturated carbocycles. The largest absolute Gasteiger partial charge is 0.508 e. The van der Waals surface area contributed by atoms with Crippen molar-refractivity contribution >= 4 is 69.9 Å². The lowest BCUT2D eigenvalue weighted by atomic mass is 10.0. The van der Waals surface area contributed by atoms with Gasteiger partial charge in [0, 0.05) is 12.1 Å². The van der Waals surface area contributed by atoms with Crippen molar-refractivity contribution < 1.29 is 24.2 Å². The maximum absolute atomic E-state index is 12.7. The van der Waals surface area contributed by atoms with Gasteiger partial charge in [-0.2, -0.15) is 0 Å². The second-order valence-electron chi connectivity index (χ2n) is 7.29. The Bertz CT molecular complexity index is 1240. The maximum atomic E-state index is 12.7. The van der Waals surface area contributed by atoms with Gasteiger partial charge in [0.25, 0.3) is 11.8 Å². The van der Waals surface area contributed by atoms with Gasteiger partial charge in [-0.15, -0.1) is 0 Å². The first kappa shape index (κ1) is 26.6. The molecule has 3 aromatic carbocycles. The molecule has 0 saturated heterocycles. The number of aromatic hydroxyl groups is 1. The van der Waals surface area contributed by atoms with Crippen LogP contribution in [-0.4, -0.2) is 36.0 Å². The number of nitrogens with one attached hydrogen (secondary N) is 2. The SMILES string of the molecule is COC(=O)[C@H](Cc1ccc(NC(=O)c2c(Cl)cccc2Cl)cc1)NC(=O)c1c(Cl)cc(O)cc1Cl. The Morgan fingerprint density at radius 3 is 1.94 bits per heavy atom. The van der Waals surface area contributed by atoms with Crippen molar-refractivity contribution in [3.8, 4) is 5.75 Å². The van der Waals surface area contributed by atoms with Crippen LogP contribution in [0.15, 0.2) is 54.6 Å². The minimum absolute atomic E-state index is 0.0742. The van der Waals surface area contributed by atoms with Crippen LogP contribution in [0.1, 0.15) is 26.3 Å². The van der Waals surface area contributed by atoms with E-state index in [4.69, 9.17) is 51.1 Å². The highest BCUT2D eigenvalue weighted by atomic mass is 35.5. The number of carbonyl (C=O) groups is 3. The van der Waals surface area contributed by atoms with Gasteiger partial charge in [-0.3, -0.25) is 9.59 Å². The van der Waals surface area contributed by atoms with Crippen LogP contribution in [0.4, 0.5) is 5.69 Å². The standard InChI is InChI=1S/C24H18Cl4N2O5/c1-35-24(34)19(30-23(33)21-17(27)10-14(31)11-18(21)28)9-12-5-7-13(8-6-12)29-22(32)20-15(25)3-2-4-16(20)26/h2-8,10-11,19,31H,9H2,1H3,(H,29,32)(H,30,33)/t19-/m0/s1. The minimum Gasteiger partial charge on any atom is -0.508 e. The van der Waals surface area contributed by atoms with Gasteiger partial charge in [0.05, 0.1) is 38.3 Å². The number of carbonyl (C=O) groups excluding carboxylic acids is 3. The van der Waals surface area contributed by atoms with Crippen LogP contribution in [0, 0.1) is 0 Å². The predicted octanol–water partition coefficient (Wildman–Crippen LogP) is 5.77. The smallest absolute Gasteiger partial charge is 0.328 e. The van der Waals surface area contributed by atoms with Gasteiger partial charge in [-0.1, -0.05) is 64.6 Å². The first-order chi connectivity index (χ1) is 16.6. The highest BCUT2D eigenvalue weighted by Crippen LogP contribution is 2.30. The van der Waals surface area contributed by atoms with Crippen molar-refractivity contribution in [2.75, 3.05) is 12.4 Å². The van der Waals surface area contributed by atoms with E-state index < -0.39 is 23.8 Å². The van der Waals surface area contributed by atoms with Crippen LogP contribution in [0.25, 0.3) is 0 Å². The summed E-state index contributed by atoms with van der Waals surface area (Å²) in [5.74, 6) is -2.08. The fourth-order valence-electron chi connectivity index (χ4n) is 3.21. The van der Waals surface area contributed by atoms with E-state index in [1.54, 1.807) is 42.5 Å². The van der Waals surface area contributed by atoms with E-state index in [1.165, 1.54) is 19.2 Å². The number of hydrogen-bond donors (Lipinski definition) is 3. The molecule has 0 radical (unpaired) electrons. The summed E-state index contributed by atoms with van der Waals surface area (Å²) >= 11 is 24.2. The second kappa shape index (κ2) is 11.6. The monoisotopic (exact) mass is 554 g/mol. The molecule has 11 heteroatoms. The van der Waals surface area contributed by atoms with Crippen molar-refractivity contribution in [3.63, 3.8) is 0 Å². The van der Waals surface area contributed by atoms with Crippen LogP contribution in [-0.2, 0) is 16.0 Å². The fourth-order valence-corrected chi connectivity index (χ4v) is 4.43. The molecule has 1 atom stereocenters. The van der Waals surface area contributed by atoms with E-state index in [0.29, 0.717) is 11.3 Å². The summed E-state index contributed by atoms with van der Waals surface area (Å²) in [6.07, 6.45) is 0.0797. The van der Waals surface area contributed by atoms with Crippen LogP contribution in [0.5, 0.6) is 5.75 Å². The van der Waals surface area contributed by atoms with E-state index in [-0.39, 0.29) is 43.4 Å². The molecule has 2 amide bonds. The number of halogens is 4. The average Bonchev–Trinajstić information content (AvgIpc) is 2.78. The first-order valence-corrected chi connectivity index (χ1v) is 11.5. The first-order valence-electron chi connectivity index (χ1n) is 10.0. The van der Waals surface area contributed by atoms with Crippen LogP contribution < -0.4 is 10.6 Å². The Morgan fingerprint density at radius 1 is 0.857 bits per heavy atom. The highest BCUT2D eigenvalue weighted by molar-refractivity contribution is 6.41. The van der Waals surface area contributed by atoms with E-state index in [9.17, 15) is 19.5 Å². The number of methoxy groups -OCH3 is 1. The third kappa shape index (κ3) is 6.58. The normalized spacial score (nSPS) is 11.5. The Kier molecular flexibility index (Phi) is 8.86. The number of phenolic OH excluding ortho intramolecular Hbond substituents is 1. The average molecular weight is 556 g/mol. The Hall–Kier alpha value is -2.97. The summed E-state index contributed by atoms with van der Waals surface area (Å²) in [4.78, 5) is 37.6. The van der Waals surface area contributed by atoms with E-state index >= 15 is 0 Å². The summed E-state index contributed by atoms with van der Waals surface area (Å²) in [7, 11) is 1.19. The van der Waals surface area contributed by atoms with Crippen molar-refractivity contribution in [1.82, 2.24) is 5.32 Å². The molecule has 182 valence electrons. The third-order valence-corrected chi connectivity index (χ3v) is 6.11. The van der Waals surface area contributed by atoms with Crippen molar-refractivity contribution in [1.29, 1.82) is 0 Å². The van der Waals surface area contributed by atoms with Gasteiger partial charge in [-0.25, -0.2) is 4.79 Å². The van der Waals surface area contributed by atoms with E-state index in [2.05, 4.69) is 10.6 Å². The zero-order chi connectivity index (χ0) is 25.7. The number of hydrogen-bond acceptors (Lipinski definition) is 5. The molecule has 0 aliphatic carbocycles. The molecule has 0 aliphatic heterocycles.